The van der Waals surface area contributed by atoms with Crippen LogP contribution >= 0.6 is 0 Å². The van der Waals surface area contributed by atoms with E-state index in [9.17, 15) is 0 Å². The molecular weight excluding hydrogens is 194 g/mol. The molecule has 1 N–H and O–H groups in total. The van der Waals surface area contributed by atoms with E-state index in [0.717, 1.165) is 6.54 Å². The first-order chi connectivity index (χ1) is 7.47. The molecule has 1 heteroatoms. The number of aryl methyl sites for hydroxylation is 1. The molecule has 16 heavy (non-hydrogen) atoms. The van der Waals surface area contributed by atoms with Gasteiger partial charge in [0, 0.05) is 18.0 Å². The molecule has 0 aliphatic heterocycles. The number of hydrogen-bond donors (Lipinski definition) is 1. The summed E-state index contributed by atoms with van der Waals surface area (Å²) < 4.78 is 0. The van der Waals surface area contributed by atoms with E-state index in [1.54, 1.807) is 0 Å². The summed E-state index contributed by atoms with van der Waals surface area (Å²) in [7, 11) is 0. The zero-order valence-electron chi connectivity index (χ0n) is 11.3. The van der Waals surface area contributed by atoms with Crippen LogP contribution in [0.5, 0.6) is 0 Å². The van der Waals surface area contributed by atoms with Crippen LogP contribution in [-0.2, 0) is 5.41 Å². The fraction of sp³-hybridized carbons (Fsp3) is 0.600. The smallest absolute Gasteiger partial charge is 0.00457 e. The molecule has 1 atom stereocenters. The van der Waals surface area contributed by atoms with Gasteiger partial charge in [-0.1, -0.05) is 45.0 Å². The number of hydrogen-bond acceptors (Lipinski definition) is 1. The third-order valence-electron chi connectivity index (χ3n) is 3.38. The predicted octanol–water partition coefficient (Wildman–Crippen LogP) is 3.66. The van der Waals surface area contributed by atoms with Crippen LogP contribution in [0.1, 0.15) is 45.2 Å². The SMILES string of the molecule is CCC(C)NCC(C)(C)c1ccccc1C. The average molecular weight is 219 g/mol. The maximum Gasteiger partial charge on any atom is 0.00457 e. The topological polar surface area (TPSA) is 12.0 Å². The van der Waals surface area contributed by atoms with Crippen LogP contribution < -0.4 is 5.32 Å². The van der Waals surface area contributed by atoms with Crippen LogP contribution in [0.15, 0.2) is 24.3 Å². The molecule has 0 heterocycles. The number of rotatable bonds is 5. The van der Waals surface area contributed by atoms with E-state index in [0.29, 0.717) is 6.04 Å². The molecule has 0 amide bonds. The van der Waals surface area contributed by atoms with Crippen molar-refractivity contribution in [2.75, 3.05) is 6.54 Å². The fourth-order valence-corrected chi connectivity index (χ4v) is 2.00. The molecule has 1 unspecified atom stereocenters. The van der Waals surface area contributed by atoms with Crippen molar-refractivity contribution in [1.29, 1.82) is 0 Å². The Kier molecular flexibility index (Phi) is 4.55. The normalized spacial score (nSPS) is 13.8. The highest BCUT2D eigenvalue weighted by molar-refractivity contribution is 5.32. The second-order valence-corrected chi connectivity index (χ2v) is 5.39. The fourth-order valence-electron chi connectivity index (χ4n) is 2.00. The zero-order chi connectivity index (χ0) is 12.2. The van der Waals surface area contributed by atoms with Crippen LogP contribution in [0.2, 0.25) is 0 Å². The zero-order valence-corrected chi connectivity index (χ0v) is 11.3. The van der Waals surface area contributed by atoms with Gasteiger partial charge in [0.05, 0.1) is 0 Å². The minimum atomic E-state index is 0.203. The molecule has 0 spiro atoms. The lowest BCUT2D eigenvalue weighted by Crippen LogP contribution is -2.38. The van der Waals surface area contributed by atoms with Gasteiger partial charge < -0.3 is 5.32 Å². The van der Waals surface area contributed by atoms with Crippen LogP contribution in [0, 0.1) is 6.92 Å². The van der Waals surface area contributed by atoms with Gasteiger partial charge in [0.1, 0.15) is 0 Å². The molecule has 0 bridgehead atoms. The highest BCUT2D eigenvalue weighted by Gasteiger charge is 2.22. The van der Waals surface area contributed by atoms with Gasteiger partial charge in [-0.05, 0) is 31.4 Å². The van der Waals surface area contributed by atoms with Crippen molar-refractivity contribution < 1.29 is 0 Å². The monoisotopic (exact) mass is 219 g/mol. The van der Waals surface area contributed by atoms with Crippen LogP contribution in [0.4, 0.5) is 0 Å². The van der Waals surface area contributed by atoms with Crippen LogP contribution in [0.3, 0.4) is 0 Å². The lowest BCUT2D eigenvalue weighted by Gasteiger charge is -2.29. The van der Waals surface area contributed by atoms with Gasteiger partial charge in [-0.3, -0.25) is 0 Å². The van der Waals surface area contributed by atoms with Gasteiger partial charge in [-0.2, -0.15) is 0 Å². The molecule has 0 saturated heterocycles. The van der Waals surface area contributed by atoms with E-state index in [-0.39, 0.29) is 5.41 Å². The molecule has 0 aliphatic carbocycles. The van der Waals surface area contributed by atoms with Gasteiger partial charge in [0.15, 0.2) is 0 Å². The van der Waals surface area contributed by atoms with Crippen molar-refractivity contribution in [3.05, 3.63) is 35.4 Å². The summed E-state index contributed by atoms with van der Waals surface area (Å²) in [5, 5.41) is 3.60. The lowest BCUT2D eigenvalue weighted by atomic mass is 9.82. The average Bonchev–Trinajstić information content (AvgIpc) is 2.26. The highest BCUT2D eigenvalue weighted by atomic mass is 14.9. The van der Waals surface area contributed by atoms with Crippen molar-refractivity contribution in [2.24, 2.45) is 0 Å². The molecule has 1 aromatic carbocycles. The van der Waals surface area contributed by atoms with E-state index in [2.05, 4.69) is 64.2 Å². The van der Waals surface area contributed by atoms with Crippen molar-refractivity contribution in [3.8, 4) is 0 Å². The summed E-state index contributed by atoms with van der Waals surface area (Å²) in [5.41, 5.74) is 3.04. The molecule has 0 aliphatic rings. The van der Waals surface area contributed by atoms with Crippen LogP contribution in [-0.4, -0.2) is 12.6 Å². The minimum absolute atomic E-state index is 0.203. The Morgan fingerprint density at radius 3 is 2.44 bits per heavy atom. The molecule has 1 rings (SSSR count). The Morgan fingerprint density at radius 1 is 1.25 bits per heavy atom. The van der Waals surface area contributed by atoms with E-state index in [1.807, 2.05) is 0 Å². The maximum atomic E-state index is 3.60. The Hall–Kier alpha value is -0.820. The number of nitrogens with one attached hydrogen (secondary N) is 1. The maximum absolute atomic E-state index is 3.60. The summed E-state index contributed by atoms with van der Waals surface area (Å²) in [6.07, 6.45) is 1.18. The molecular formula is C15H25N. The molecule has 1 nitrogen and oxygen atoms in total. The van der Waals surface area contributed by atoms with E-state index < -0.39 is 0 Å². The summed E-state index contributed by atoms with van der Waals surface area (Å²) >= 11 is 0. The second-order valence-electron chi connectivity index (χ2n) is 5.39. The first kappa shape index (κ1) is 13.2. The standard InChI is InChI=1S/C15H25N/c1-6-13(3)16-11-15(4,5)14-10-8-7-9-12(14)2/h7-10,13,16H,6,11H2,1-5H3. The van der Waals surface area contributed by atoms with Crippen molar-refractivity contribution in [2.45, 2.75) is 52.5 Å². The Labute approximate surface area is 100 Å². The Balaban J connectivity index is 2.74. The minimum Gasteiger partial charge on any atom is -0.313 e. The van der Waals surface area contributed by atoms with Gasteiger partial charge in [0.2, 0.25) is 0 Å². The molecule has 0 fully saturated rings. The summed E-state index contributed by atoms with van der Waals surface area (Å²) in [4.78, 5) is 0. The van der Waals surface area contributed by atoms with Gasteiger partial charge in [-0.25, -0.2) is 0 Å². The van der Waals surface area contributed by atoms with Gasteiger partial charge >= 0.3 is 0 Å². The largest absolute Gasteiger partial charge is 0.313 e. The van der Waals surface area contributed by atoms with E-state index in [1.165, 1.54) is 17.5 Å². The van der Waals surface area contributed by atoms with Crippen molar-refractivity contribution >= 4 is 0 Å². The van der Waals surface area contributed by atoms with Crippen LogP contribution in [0.25, 0.3) is 0 Å². The number of benzene rings is 1. The summed E-state index contributed by atoms with van der Waals surface area (Å²) in [6, 6.07) is 9.28. The molecule has 0 aromatic heterocycles. The van der Waals surface area contributed by atoms with E-state index in [4.69, 9.17) is 0 Å². The third-order valence-corrected chi connectivity index (χ3v) is 3.38. The Bertz CT molecular complexity index is 328. The summed E-state index contributed by atoms with van der Waals surface area (Å²) in [6.45, 7) is 12.3. The summed E-state index contributed by atoms with van der Waals surface area (Å²) in [5.74, 6) is 0. The van der Waals surface area contributed by atoms with Crippen molar-refractivity contribution in [3.63, 3.8) is 0 Å². The van der Waals surface area contributed by atoms with E-state index >= 15 is 0 Å². The third kappa shape index (κ3) is 3.34. The quantitative estimate of drug-likeness (QED) is 0.797. The lowest BCUT2D eigenvalue weighted by molar-refractivity contribution is 0.422. The first-order valence-electron chi connectivity index (χ1n) is 6.27. The van der Waals surface area contributed by atoms with Crippen molar-refractivity contribution in [1.82, 2.24) is 5.32 Å². The Morgan fingerprint density at radius 2 is 1.88 bits per heavy atom. The highest BCUT2D eigenvalue weighted by Crippen LogP contribution is 2.25. The molecule has 0 saturated carbocycles. The van der Waals surface area contributed by atoms with Gasteiger partial charge in [0.25, 0.3) is 0 Å². The molecule has 1 aromatic rings. The molecule has 90 valence electrons. The molecule has 0 radical (unpaired) electrons. The second kappa shape index (κ2) is 5.49. The predicted molar refractivity (Wildman–Crippen MR) is 72.0 cm³/mol. The van der Waals surface area contributed by atoms with Gasteiger partial charge in [-0.15, -0.1) is 0 Å². The first-order valence-corrected chi connectivity index (χ1v) is 6.27.